The van der Waals surface area contributed by atoms with Crippen molar-refractivity contribution >= 4 is 14.2 Å². The number of carbonyl (C=O) groups is 1. The molecule has 1 amide bonds. The molecular formula is C8H17NO4P+. The molecule has 0 fully saturated rings. The largest absolute Gasteiger partial charge is 0.692 e. The van der Waals surface area contributed by atoms with E-state index in [9.17, 15) is 4.79 Å². The highest BCUT2D eigenvalue weighted by atomic mass is 31.1. The Morgan fingerprint density at radius 3 is 1.79 bits per heavy atom. The molecule has 0 rings (SSSR count). The summed E-state index contributed by atoms with van der Waals surface area (Å²) in [5.74, 6) is -0.0347. The third-order valence-corrected chi connectivity index (χ3v) is 1.51. The van der Waals surface area contributed by atoms with E-state index in [1.54, 1.807) is 11.9 Å². The van der Waals surface area contributed by atoms with Crippen molar-refractivity contribution in [2.75, 3.05) is 7.05 Å². The quantitative estimate of drug-likeness (QED) is 0.513. The van der Waals surface area contributed by atoms with E-state index in [4.69, 9.17) is 14.4 Å². The van der Waals surface area contributed by atoms with Crippen LogP contribution in [-0.2, 0) is 9.36 Å². The van der Waals surface area contributed by atoms with E-state index in [0.717, 1.165) is 0 Å². The van der Waals surface area contributed by atoms with E-state index in [0.29, 0.717) is 0 Å². The fraction of sp³-hybridized carbons (Fsp3) is 0.625. The van der Waals surface area contributed by atoms with Crippen LogP contribution in [0.4, 0.5) is 0 Å². The van der Waals surface area contributed by atoms with Gasteiger partial charge in [0.1, 0.15) is 0 Å². The molecule has 0 aromatic rings. The standard InChI is InChI=1S/C8H15NO.HO3P/c1-6-7(10)9(5)8(2,3)4;1-4(2)3/h6H,1H2,2-5H3;(H-,1,2,3)/p+1. The van der Waals surface area contributed by atoms with Crippen LogP contribution in [0.25, 0.3) is 0 Å². The highest BCUT2D eigenvalue weighted by Crippen LogP contribution is 2.09. The SMILES string of the molecule is C=CC(=O)N(C)C(C)(C)C.O=[P+](O)O. The third-order valence-electron chi connectivity index (χ3n) is 1.51. The maximum Gasteiger partial charge on any atom is 0.692 e. The molecule has 5 nitrogen and oxygen atoms in total. The molecule has 0 aliphatic carbocycles. The van der Waals surface area contributed by atoms with Crippen molar-refractivity contribution in [3.05, 3.63) is 12.7 Å². The van der Waals surface area contributed by atoms with Crippen molar-refractivity contribution in [3.63, 3.8) is 0 Å². The smallest absolute Gasteiger partial charge is 0.337 e. The van der Waals surface area contributed by atoms with Gasteiger partial charge < -0.3 is 4.90 Å². The van der Waals surface area contributed by atoms with Crippen LogP contribution < -0.4 is 0 Å². The topological polar surface area (TPSA) is 77.8 Å². The number of hydrogen-bond acceptors (Lipinski definition) is 2. The molecule has 0 bridgehead atoms. The summed E-state index contributed by atoms with van der Waals surface area (Å²) >= 11 is 0. The fourth-order valence-electron chi connectivity index (χ4n) is 0.468. The minimum Gasteiger partial charge on any atom is -0.337 e. The van der Waals surface area contributed by atoms with Gasteiger partial charge in [0.05, 0.1) is 0 Å². The van der Waals surface area contributed by atoms with Gasteiger partial charge in [-0.2, -0.15) is 0 Å². The average Bonchev–Trinajstić information content (AvgIpc) is 1.99. The summed E-state index contributed by atoms with van der Waals surface area (Å²) in [6, 6.07) is 0. The van der Waals surface area contributed by atoms with Crippen molar-refractivity contribution in [2.24, 2.45) is 0 Å². The van der Waals surface area contributed by atoms with Gasteiger partial charge in [-0.25, -0.2) is 0 Å². The molecule has 0 heterocycles. The van der Waals surface area contributed by atoms with Crippen LogP contribution in [0.15, 0.2) is 12.7 Å². The zero-order chi connectivity index (χ0) is 11.9. The first-order valence-corrected chi connectivity index (χ1v) is 5.04. The Kier molecular flexibility index (Phi) is 7.45. The Bertz CT molecular complexity index is 218. The van der Waals surface area contributed by atoms with Crippen molar-refractivity contribution in [3.8, 4) is 0 Å². The molecule has 0 spiro atoms. The van der Waals surface area contributed by atoms with E-state index in [1.165, 1.54) is 6.08 Å². The van der Waals surface area contributed by atoms with Gasteiger partial charge in [0.2, 0.25) is 5.91 Å². The second-order valence-electron chi connectivity index (χ2n) is 3.52. The fourth-order valence-corrected chi connectivity index (χ4v) is 0.468. The first-order chi connectivity index (χ1) is 6.12. The van der Waals surface area contributed by atoms with Gasteiger partial charge in [-0.05, 0) is 26.8 Å². The molecule has 6 heteroatoms. The lowest BCUT2D eigenvalue weighted by Crippen LogP contribution is -2.41. The van der Waals surface area contributed by atoms with Crippen molar-refractivity contribution in [1.82, 2.24) is 4.90 Å². The maximum atomic E-state index is 11.0. The van der Waals surface area contributed by atoms with Crippen LogP contribution in [0, 0.1) is 0 Å². The molecular weight excluding hydrogens is 205 g/mol. The van der Waals surface area contributed by atoms with Gasteiger partial charge in [0, 0.05) is 17.2 Å². The average molecular weight is 222 g/mol. The molecule has 2 N–H and O–H groups in total. The summed E-state index contributed by atoms with van der Waals surface area (Å²) < 4.78 is 8.70. The van der Waals surface area contributed by atoms with Crippen molar-refractivity contribution < 1.29 is 19.1 Å². The number of amides is 1. The zero-order valence-electron chi connectivity index (χ0n) is 8.89. The highest BCUT2D eigenvalue weighted by molar-refractivity contribution is 7.30. The number of nitrogens with zero attached hydrogens (tertiary/aromatic N) is 1. The first-order valence-electron chi connectivity index (χ1n) is 3.88. The van der Waals surface area contributed by atoms with Gasteiger partial charge in [0.15, 0.2) is 0 Å². The first kappa shape index (κ1) is 15.7. The predicted octanol–water partition coefficient (Wildman–Crippen LogP) is 1.06. The molecule has 0 saturated carbocycles. The highest BCUT2D eigenvalue weighted by Gasteiger charge is 2.19. The van der Waals surface area contributed by atoms with E-state index in [1.807, 2.05) is 20.8 Å². The van der Waals surface area contributed by atoms with Crippen LogP contribution in [0.2, 0.25) is 0 Å². The molecule has 0 aromatic carbocycles. The van der Waals surface area contributed by atoms with Crippen LogP contribution >= 0.6 is 8.25 Å². The number of hydrogen-bond donors (Lipinski definition) is 2. The molecule has 0 saturated heterocycles. The number of likely N-dealkylation sites (N-methyl/N-ethyl adjacent to an activating group) is 1. The van der Waals surface area contributed by atoms with E-state index >= 15 is 0 Å². The second-order valence-corrected chi connectivity index (χ2v) is 4.03. The van der Waals surface area contributed by atoms with Gasteiger partial charge in [0.25, 0.3) is 0 Å². The monoisotopic (exact) mass is 222 g/mol. The van der Waals surface area contributed by atoms with Crippen LogP contribution in [-0.4, -0.2) is 33.2 Å². The number of carbonyl (C=O) groups excluding carboxylic acids is 1. The Morgan fingerprint density at radius 2 is 1.71 bits per heavy atom. The molecule has 0 atom stereocenters. The maximum absolute atomic E-state index is 11.0. The van der Waals surface area contributed by atoms with E-state index in [2.05, 4.69) is 6.58 Å². The molecule has 0 aliphatic rings. The number of rotatable bonds is 1. The molecule has 0 unspecified atom stereocenters. The Labute approximate surface area is 85.0 Å². The van der Waals surface area contributed by atoms with E-state index < -0.39 is 8.25 Å². The summed E-state index contributed by atoms with van der Waals surface area (Å²) in [6.07, 6.45) is 1.32. The Balaban J connectivity index is 0. The lowest BCUT2D eigenvalue weighted by atomic mass is 10.1. The van der Waals surface area contributed by atoms with E-state index in [-0.39, 0.29) is 11.4 Å². The van der Waals surface area contributed by atoms with Gasteiger partial charge in [-0.1, -0.05) is 6.58 Å². The van der Waals surface area contributed by atoms with Crippen LogP contribution in [0.1, 0.15) is 20.8 Å². The van der Waals surface area contributed by atoms with Crippen LogP contribution in [0.5, 0.6) is 0 Å². The molecule has 0 aliphatic heterocycles. The predicted molar refractivity (Wildman–Crippen MR) is 54.8 cm³/mol. The minimum absolute atomic E-state index is 0.0347. The third kappa shape index (κ3) is 9.32. The lowest BCUT2D eigenvalue weighted by molar-refractivity contribution is -0.128. The van der Waals surface area contributed by atoms with Gasteiger partial charge in [-0.15, -0.1) is 9.79 Å². The van der Waals surface area contributed by atoms with Crippen molar-refractivity contribution in [2.45, 2.75) is 26.3 Å². The molecule has 82 valence electrons. The summed E-state index contributed by atoms with van der Waals surface area (Å²) in [6.45, 7) is 9.35. The van der Waals surface area contributed by atoms with Gasteiger partial charge in [-0.3, -0.25) is 4.79 Å². The summed E-state index contributed by atoms with van der Waals surface area (Å²) in [4.78, 5) is 26.9. The summed E-state index contributed by atoms with van der Waals surface area (Å²) in [5.41, 5.74) is -0.106. The normalized spacial score (nSPS) is 9.57. The lowest BCUT2D eigenvalue weighted by Gasteiger charge is -2.30. The van der Waals surface area contributed by atoms with Crippen LogP contribution in [0.3, 0.4) is 0 Å². The molecule has 0 aromatic heterocycles. The molecule has 14 heavy (non-hydrogen) atoms. The molecule has 0 radical (unpaired) electrons. The second kappa shape index (κ2) is 6.65. The van der Waals surface area contributed by atoms with Gasteiger partial charge >= 0.3 is 8.25 Å². The zero-order valence-corrected chi connectivity index (χ0v) is 9.78. The van der Waals surface area contributed by atoms with Crippen molar-refractivity contribution in [1.29, 1.82) is 0 Å². The summed E-state index contributed by atoms with van der Waals surface area (Å²) in [5, 5.41) is 0. The summed E-state index contributed by atoms with van der Waals surface area (Å²) in [7, 11) is -1.10. The minimum atomic E-state index is -2.87. The Hall–Kier alpha value is -0.770. The Morgan fingerprint density at radius 1 is 1.43 bits per heavy atom.